The lowest BCUT2D eigenvalue weighted by molar-refractivity contribution is -0.137. The highest BCUT2D eigenvalue weighted by Gasteiger charge is 2.25. The van der Waals surface area contributed by atoms with Crippen molar-refractivity contribution in [1.29, 1.82) is 0 Å². The first-order valence-corrected chi connectivity index (χ1v) is 18.5. The molecule has 0 bridgehead atoms. The van der Waals surface area contributed by atoms with Gasteiger partial charge in [-0.25, -0.2) is 9.97 Å². The second-order valence-corrected chi connectivity index (χ2v) is 14.1. The van der Waals surface area contributed by atoms with E-state index in [1.807, 2.05) is 18.2 Å². The van der Waals surface area contributed by atoms with Crippen LogP contribution in [0.3, 0.4) is 0 Å². The van der Waals surface area contributed by atoms with E-state index < -0.39 is 18.6 Å². The number of benzene rings is 2. The summed E-state index contributed by atoms with van der Waals surface area (Å²) >= 11 is 1.57. The van der Waals surface area contributed by atoms with Crippen molar-refractivity contribution >= 4 is 49.6 Å². The third-order valence-corrected chi connectivity index (χ3v) is 9.51. The number of halogens is 3. The van der Waals surface area contributed by atoms with Gasteiger partial charge < -0.3 is 19.7 Å². The fourth-order valence-electron chi connectivity index (χ4n) is 6.05. The Morgan fingerprint density at radius 3 is 2.21 bits per heavy atom. The van der Waals surface area contributed by atoms with Gasteiger partial charge in [0.15, 0.2) is 5.13 Å². The number of imidazole rings is 1. The summed E-state index contributed by atoms with van der Waals surface area (Å²) in [5, 5.41) is 13.0. The minimum Gasteiger partial charge on any atom is -0.494 e. The van der Waals surface area contributed by atoms with Gasteiger partial charge in [0, 0.05) is 18.9 Å². The summed E-state index contributed by atoms with van der Waals surface area (Å²) in [6.45, 7) is 4.92. The molecule has 2 aromatic carbocycles. The monoisotopic (exact) mass is 688 g/mol. The molecular formula is C37H51F3N4O3S. The van der Waals surface area contributed by atoms with Gasteiger partial charge in [-0.05, 0) is 81.8 Å². The number of rotatable bonds is 23. The second-order valence-electron chi connectivity index (χ2n) is 13.1. The fraction of sp³-hybridized carbons (Fsp3) is 0.595. The molecule has 0 atom stereocenters. The van der Waals surface area contributed by atoms with Crippen molar-refractivity contribution in [3.63, 3.8) is 0 Å². The minimum absolute atomic E-state index is 0.211. The number of thiazole rings is 1. The highest BCUT2D eigenvalue weighted by molar-refractivity contribution is 7.22. The van der Waals surface area contributed by atoms with E-state index in [0.29, 0.717) is 13.0 Å². The zero-order valence-corrected chi connectivity index (χ0v) is 29.2. The topological polar surface area (TPSA) is 89.3 Å². The number of ether oxygens (including phenoxy) is 1. The molecule has 264 valence electrons. The Hall–Kier alpha value is -3.34. The van der Waals surface area contributed by atoms with Gasteiger partial charge in [0.25, 0.3) is 0 Å². The number of unbranched alkanes of at least 4 members (excludes halogenated alkanes) is 12. The summed E-state index contributed by atoms with van der Waals surface area (Å²) in [6, 6.07) is 12.7. The van der Waals surface area contributed by atoms with Gasteiger partial charge in [-0.15, -0.1) is 0 Å². The average Bonchev–Trinajstić information content (AvgIpc) is 3.60. The molecule has 0 amide bonds. The van der Waals surface area contributed by atoms with Gasteiger partial charge in [-0.1, -0.05) is 81.6 Å². The Labute approximate surface area is 286 Å². The summed E-state index contributed by atoms with van der Waals surface area (Å²) in [5.74, 6) is 0.879. The normalized spacial score (nSPS) is 12.0. The van der Waals surface area contributed by atoms with Crippen molar-refractivity contribution in [2.75, 3.05) is 11.9 Å². The summed E-state index contributed by atoms with van der Waals surface area (Å²) in [5.41, 5.74) is 4.25. The van der Waals surface area contributed by atoms with Gasteiger partial charge in [0.1, 0.15) is 5.75 Å². The number of carboxylic acids is 1. The number of aryl methyl sites for hydroxylation is 1. The Kier molecular flexibility index (Phi) is 14.8. The van der Waals surface area contributed by atoms with Crippen LogP contribution in [0.1, 0.15) is 128 Å². The zero-order chi connectivity index (χ0) is 34.4. The summed E-state index contributed by atoms with van der Waals surface area (Å²) < 4.78 is 45.9. The van der Waals surface area contributed by atoms with E-state index in [-0.39, 0.29) is 18.9 Å². The van der Waals surface area contributed by atoms with Crippen molar-refractivity contribution in [3.05, 3.63) is 42.0 Å². The second kappa shape index (κ2) is 19.0. The first kappa shape index (κ1) is 37.5. The van der Waals surface area contributed by atoms with Crippen LogP contribution in [0.25, 0.3) is 21.3 Å². The molecule has 0 aliphatic heterocycles. The summed E-state index contributed by atoms with van der Waals surface area (Å²) in [4.78, 5) is 20.4. The van der Waals surface area contributed by atoms with E-state index >= 15 is 0 Å². The van der Waals surface area contributed by atoms with Crippen LogP contribution in [-0.4, -0.2) is 38.4 Å². The number of anilines is 2. The Bertz CT molecular complexity index is 1570. The van der Waals surface area contributed by atoms with E-state index in [2.05, 4.69) is 41.9 Å². The van der Waals surface area contributed by atoms with E-state index in [9.17, 15) is 18.0 Å². The number of aliphatic carboxylic acids is 1. The number of hydrogen-bond acceptors (Lipinski definition) is 6. The van der Waals surface area contributed by atoms with Crippen molar-refractivity contribution in [1.82, 2.24) is 14.5 Å². The summed E-state index contributed by atoms with van der Waals surface area (Å²) in [7, 11) is 0. The predicted octanol–water partition coefficient (Wildman–Crippen LogP) is 11.8. The van der Waals surface area contributed by atoms with Crippen molar-refractivity contribution in [3.8, 4) is 5.75 Å². The third kappa shape index (κ3) is 12.6. The molecule has 2 N–H and O–H groups in total. The van der Waals surface area contributed by atoms with Crippen molar-refractivity contribution < 1.29 is 27.8 Å². The maximum Gasteiger partial charge on any atom is 0.389 e. The summed E-state index contributed by atoms with van der Waals surface area (Å²) in [6.07, 6.45) is 9.74. The van der Waals surface area contributed by atoms with E-state index in [1.165, 1.54) is 18.4 Å². The van der Waals surface area contributed by atoms with E-state index in [1.54, 1.807) is 11.3 Å². The molecule has 0 saturated carbocycles. The molecule has 0 radical (unpaired) electrons. The molecule has 11 heteroatoms. The molecule has 0 saturated heterocycles. The lowest BCUT2D eigenvalue weighted by atomic mass is 10.0. The maximum absolute atomic E-state index is 12.2. The van der Waals surface area contributed by atoms with Gasteiger partial charge in [-0.2, -0.15) is 13.2 Å². The molecule has 4 aromatic rings. The number of nitrogens with one attached hydrogen (secondary N) is 1. The van der Waals surface area contributed by atoms with Gasteiger partial charge in [0.05, 0.1) is 27.9 Å². The lowest BCUT2D eigenvalue weighted by Crippen LogP contribution is -2.06. The quantitative estimate of drug-likeness (QED) is 0.0754. The fourth-order valence-corrected chi connectivity index (χ4v) is 6.93. The van der Waals surface area contributed by atoms with Crippen LogP contribution in [0, 0.1) is 0 Å². The number of nitrogens with zero attached hydrogens (tertiary/aromatic N) is 3. The standard InChI is InChI=1S/C37H51F3N4O3S/c1-27(2)44-32-22-19-28(17-13-9-5-3-6-10-14-18-34(45)46)25-31(32)41-35(44)43-36-42-30-21-20-29(26-33(30)48-36)47-24-16-12-8-4-7-11-15-23-37(38,39)40/h19-22,25-27H,3-18,23-24H2,1-2H3,(H,45,46)(H,41,42,43). The largest absolute Gasteiger partial charge is 0.494 e. The number of alkyl halides is 3. The molecule has 0 aliphatic carbocycles. The Balaban J connectivity index is 1.23. The van der Waals surface area contributed by atoms with Crippen LogP contribution in [0.15, 0.2) is 36.4 Å². The molecule has 0 unspecified atom stereocenters. The average molecular weight is 689 g/mol. The molecule has 0 spiro atoms. The Morgan fingerprint density at radius 1 is 0.854 bits per heavy atom. The predicted molar refractivity (Wildman–Crippen MR) is 190 cm³/mol. The van der Waals surface area contributed by atoms with Gasteiger partial charge >= 0.3 is 12.1 Å². The first-order chi connectivity index (χ1) is 23.1. The first-order valence-electron chi connectivity index (χ1n) is 17.7. The third-order valence-electron chi connectivity index (χ3n) is 8.58. The molecule has 48 heavy (non-hydrogen) atoms. The van der Waals surface area contributed by atoms with Crippen LogP contribution in [0.2, 0.25) is 0 Å². The number of aromatic nitrogens is 3. The van der Waals surface area contributed by atoms with Gasteiger partial charge in [-0.3, -0.25) is 4.79 Å². The molecule has 2 aromatic heterocycles. The zero-order valence-electron chi connectivity index (χ0n) is 28.4. The maximum atomic E-state index is 12.2. The molecule has 2 heterocycles. The smallest absolute Gasteiger partial charge is 0.389 e. The number of fused-ring (bicyclic) bond motifs is 2. The number of hydrogen-bond donors (Lipinski definition) is 2. The Morgan fingerprint density at radius 2 is 1.52 bits per heavy atom. The molecule has 4 rings (SSSR count). The van der Waals surface area contributed by atoms with Crippen LogP contribution in [0.4, 0.5) is 24.3 Å². The van der Waals surface area contributed by atoms with Gasteiger partial charge in [0.2, 0.25) is 5.95 Å². The van der Waals surface area contributed by atoms with Crippen molar-refractivity contribution in [2.45, 2.75) is 135 Å². The number of carbonyl (C=O) groups is 1. The molecule has 0 fully saturated rings. The van der Waals surface area contributed by atoms with Crippen molar-refractivity contribution in [2.24, 2.45) is 0 Å². The lowest BCUT2D eigenvalue weighted by Gasteiger charge is -2.13. The SMILES string of the molecule is CC(C)n1c(Nc2nc3ccc(OCCCCCCCCCC(F)(F)F)cc3s2)nc2cc(CCCCCCCCCC(=O)O)ccc21. The van der Waals surface area contributed by atoms with Crippen LogP contribution in [0.5, 0.6) is 5.75 Å². The molecular weight excluding hydrogens is 637 g/mol. The number of carboxylic acid groups (broad SMARTS) is 1. The minimum atomic E-state index is -4.04. The van der Waals surface area contributed by atoms with Crippen LogP contribution >= 0.6 is 11.3 Å². The highest BCUT2D eigenvalue weighted by Crippen LogP contribution is 2.33. The van der Waals surface area contributed by atoms with Crippen LogP contribution in [-0.2, 0) is 11.2 Å². The van der Waals surface area contributed by atoms with Crippen LogP contribution < -0.4 is 10.1 Å². The molecule has 7 nitrogen and oxygen atoms in total. The highest BCUT2D eigenvalue weighted by atomic mass is 32.1. The molecule has 0 aliphatic rings. The van der Waals surface area contributed by atoms with E-state index in [4.69, 9.17) is 19.8 Å². The van der Waals surface area contributed by atoms with E-state index in [0.717, 1.165) is 109 Å².